The first-order valence-corrected chi connectivity index (χ1v) is 20.6. The van der Waals surface area contributed by atoms with E-state index in [1.54, 1.807) is 20.8 Å². The van der Waals surface area contributed by atoms with Crippen molar-refractivity contribution in [3.05, 3.63) is 90.9 Å². The van der Waals surface area contributed by atoms with Gasteiger partial charge in [0.15, 0.2) is 0 Å². The first-order chi connectivity index (χ1) is 28.0. The molecule has 10 nitrogen and oxygen atoms in total. The number of rotatable bonds is 11. The summed E-state index contributed by atoms with van der Waals surface area (Å²) in [4.78, 5) is 48.3. The standard InChI is InChI=1S/C27H37F3N4O2.C17H23F3N2O2/c1-7-34(20-8-10-33(6)11-9-20)24-14-19(27(28,29)30)13-22(18(24)5)25(35)31-15-23-21(16(2)3)12-17(4)32-26(23)36;1-4-22(13-5-7-21(3)8-6-13)15-10-12(17(18,19)20)9-14(11(15)2)16(23)24/h12-14,16,20H,7-11,15H2,1-6H3,(H,31,35)(H,32,36);9-10,13H,4-8H2,1-3H3,(H,23,24). The van der Waals surface area contributed by atoms with Crippen molar-refractivity contribution in [1.82, 2.24) is 20.1 Å². The number of pyridine rings is 1. The number of aromatic amines is 1. The van der Waals surface area contributed by atoms with Gasteiger partial charge in [-0.3, -0.25) is 9.59 Å². The molecule has 60 heavy (non-hydrogen) atoms. The molecule has 3 heterocycles. The van der Waals surface area contributed by atoms with E-state index < -0.39 is 35.4 Å². The van der Waals surface area contributed by atoms with Gasteiger partial charge in [0.2, 0.25) is 0 Å². The normalized spacial score (nSPS) is 16.1. The van der Waals surface area contributed by atoms with Gasteiger partial charge in [0, 0.05) is 59.9 Å². The lowest BCUT2D eigenvalue weighted by atomic mass is 9.96. The number of carboxylic acid groups (broad SMARTS) is 1. The molecule has 0 unspecified atom stereocenters. The summed E-state index contributed by atoms with van der Waals surface area (Å²) in [6.45, 7) is 17.3. The summed E-state index contributed by atoms with van der Waals surface area (Å²) in [7, 11) is 4.05. The molecule has 0 bridgehead atoms. The molecule has 3 aromatic rings. The van der Waals surface area contributed by atoms with E-state index in [1.807, 2.05) is 57.7 Å². The van der Waals surface area contributed by atoms with Crippen molar-refractivity contribution in [1.29, 1.82) is 0 Å². The molecule has 2 aliphatic heterocycles. The number of aromatic nitrogens is 1. The molecule has 2 fully saturated rings. The van der Waals surface area contributed by atoms with Crippen LogP contribution in [0.15, 0.2) is 35.1 Å². The fourth-order valence-corrected chi connectivity index (χ4v) is 8.35. The van der Waals surface area contributed by atoms with E-state index in [4.69, 9.17) is 0 Å². The Morgan fingerprint density at radius 2 is 1.18 bits per heavy atom. The number of nitrogens with zero attached hydrogens (tertiary/aromatic N) is 4. The molecule has 0 aliphatic carbocycles. The molecular formula is C44H60F6N6O4. The Kier molecular flexibility index (Phi) is 15.9. The number of piperidine rings is 2. The van der Waals surface area contributed by atoms with Crippen molar-refractivity contribution in [2.75, 3.05) is 63.2 Å². The largest absolute Gasteiger partial charge is 0.478 e. The third kappa shape index (κ3) is 11.6. The summed E-state index contributed by atoms with van der Waals surface area (Å²) in [6.07, 6.45) is -5.78. The monoisotopic (exact) mass is 850 g/mol. The van der Waals surface area contributed by atoms with Crippen LogP contribution in [0.1, 0.15) is 119 Å². The van der Waals surface area contributed by atoms with Gasteiger partial charge in [0.1, 0.15) is 0 Å². The molecule has 2 aromatic carbocycles. The Morgan fingerprint density at radius 3 is 1.57 bits per heavy atom. The highest BCUT2D eigenvalue weighted by Gasteiger charge is 2.36. The SMILES string of the molecule is CCN(c1cc(C(F)(F)F)cc(C(=O)NCc2c(C(C)C)cc(C)[nH]c2=O)c1C)C1CCN(C)CC1.CCN(c1cc(C(F)(F)F)cc(C(=O)O)c1C)C1CCN(C)CC1. The van der Waals surface area contributed by atoms with E-state index in [0.717, 1.165) is 81.7 Å². The lowest BCUT2D eigenvalue weighted by molar-refractivity contribution is -0.138. The summed E-state index contributed by atoms with van der Waals surface area (Å²) < 4.78 is 81.2. The minimum atomic E-state index is -4.59. The van der Waals surface area contributed by atoms with Crippen molar-refractivity contribution in [3.63, 3.8) is 0 Å². The number of amides is 1. The highest BCUT2D eigenvalue weighted by molar-refractivity contribution is 5.97. The molecule has 0 saturated carbocycles. The van der Waals surface area contributed by atoms with E-state index in [0.29, 0.717) is 46.8 Å². The van der Waals surface area contributed by atoms with Gasteiger partial charge in [-0.2, -0.15) is 26.3 Å². The molecule has 3 N–H and O–H groups in total. The Hall–Kier alpha value is -4.57. The van der Waals surface area contributed by atoms with Crippen molar-refractivity contribution >= 4 is 23.3 Å². The molecule has 2 saturated heterocycles. The zero-order valence-electron chi connectivity index (χ0n) is 36.1. The number of carbonyl (C=O) groups is 2. The fraction of sp³-hybridized carbons (Fsp3) is 0.568. The second kappa shape index (κ2) is 19.9. The molecule has 0 radical (unpaired) electrons. The number of carboxylic acids is 1. The van der Waals surface area contributed by atoms with Gasteiger partial charge in [-0.15, -0.1) is 0 Å². The highest BCUT2D eigenvalue weighted by Crippen LogP contribution is 2.38. The van der Waals surface area contributed by atoms with Crippen LogP contribution < -0.4 is 20.7 Å². The first kappa shape index (κ1) is 48.1. The van der Waals surface area contributed by atoms with E-state index >= 15 is 0 Å². The number of aryl methyl sites for hydroxylation is 1. The average Bonchev–Trinajstić information content (AvgIpc) is 3.16. The molecular weight excluding hydrogens is 791 g/mol. The third-order valence-corrected chi connectivity index (χ3v) is 11.8. The summed E-state index contributed by atoms with van der Waals surface area (Å²) in [5, 5.41) is 12.0. The van der Waals surface area contributed by atoms with Gasteiger partial charge in [0.25, 0.3) is 11.5 Å². The van der Waals surface area contributed by atoms with Crippen molar-refractivity contribution < 1.29 is 41.0 Å². The Labute approximate surface area is 348 Å². The second-order valence-electron chi connectivity index (χ2n) is 16.3. The number of likely N-dealkylation sites (tertiary alicyclic amines) is 2. The van der Waals surface area contributed by atoms with Crippen LogP contribution in [0.4, 0.5) is 37.7 Å². The number of nitrogens with one attached hydrogen (secondary N) is 2. The molecule has 16 heteroatoms. The number of anilines is 2. The predicted molar refractivity (Wildman–Crippen MR) is 223 cm³/mol. The van der Waals surface area contributed by atoms with Crippen LogP contribution in [-0.4, -0.2) is 97.2 Å². The number of alkyl halides is 6. The minimum absolute atomic E-state index is 0.0270. The van der Waals surface area contributed by atoms with E-state index in [-0.39, 0.29) is 41.2 Å². The maximum atomic E-state index is 13.9. The van der Waals surface area contributed by atoms with Gasteiger partial charge in [-0.1, -0.05) is 13.8 Å². The van der Waals surface area contributed by atoms with Gasteiger partial charge in [0.05, 0.1) is 16.7 Å². The van der Waals surface area contributed by atoms with Gasteiger partial charge in [-0.25, -0.2) is 4.79 Å². The predicted octanol–water partition coefficient (Wildman–Crippen LogP) is 8.62. The van der Waals surface area contributed by atoms with Crippen molar-refractivity contribution in [2.24, 2.45) is 0 Å². The summed E-state index contributed by atoms with van der Waals surface area (Å²) in [6, 6.07) is 5.98. The first-order valence-electron chi connectivity index (χ1n) is 20.6. The minimum Gasteiger partial charge on any atom is -0.478 e. The van der Waals surface area contributed by atoms with Crippen LogP contribution in [0.25, 0.3) is 0 Å². The number of hydrogen-bond acceptors (Lipinski definition) is 7. The number of benzene rings is 2. The van der Waals surface area contributed by atoms with Crippen molar-refractivity contribution in [2.45, 2.75) is 111 Å². The molecule has 0 spiro atoms. The van der Waals surface area contributed by atoms with Crippen molar-refractivity contribution in [3.8, 4) is 0 Å². The zero-order chi connectivity index (χ0) is 44.9. The van der Waals surface area contributed by atoms with Crippen LogP contribution in [0, 0.1) is 20.8 Å². The Bertz CT molecular complexity index is 2030. The zero-order valence-corrected chi connectivity index (χ0v) is 36.1. The smallest absolute Gasteiger partial charge is 0.416 e. The Balaban J connectivity index is 0.000000287. The molecule has 0 atom stereocenters. The number of hydrogen-bond donors (Lipinski definition) is 3. The quantitative estimate of drug-likeness (QED) is 0.165. The van der Waals surface area contributed by atoms with E-state index in [1.165, 1.54) is 0 Å². The third-order valence-electron chi connectivity index (χ3n) is 11.8. The van der Waals surface area contributed by atoms with Crippen LogP contribution in [0.5, 0.6) is 0 Å². The van der Waals surface area contributed by atoms with Gasteiger partial charge < -0.3 is 35.0 Å². The molecule has 332 valence electrons. The van der Waals surface area contributed by atoms with Gasteiger partial charge in [-0.05, 0) is 154 Å². The van der Waals surface area contributed by atoms with Crippen LogP contribution in [-0.2, 0) is 18.9 Å². The molecule has 1 aromatic heterocycles. The molecule has 5 rings (SSSR count). The summed E-state index contributed by atoms with van der Waals surface area (Å²) in [5.41, 5.74) is 1.25. The topological polar surface area (TPSA) is 112 Å². The fourth-order valence-electron chi connectivity index (χ4n) is 8.35. The number of H-pyrrole nitrogens is 1. The second-order valence-corrected chi connectivity index (χ2v) is 16.3. The summed E-state index contributed by atoms with van der Waals surface area (Å²) in [5.74, 6) is -1.92. The van der Waals surface area contributed by atoms with Crippen LogP contribution in [0.2, 0.25) is 0 Å². The maximum Gasteiger partial charge on any atom is 0.416 e. The maximum absolute atomic E-state index is 13.9. The number of halogens is 6. The lowest BCUT2D eigenvalue weighted by Gasteiger charge is -2.39. The van der Waals surface area contributed by atoms with Gasteiger partial charge >= 0.3 is 18.3 Å². The van der Waals surface area contributed by atoms with E-state index in [2.05, 4.69) is 20.1 Å². The van der Waals surface area contributed by atoms with Crippen LogP contribution >= 0.6 is 0 Å². The van der Waals surface area contributed by atoms with Crippen LogP contribution in [0.3, 0.4) is 0 Å². The number of aromatic carboxylic acids is 1. The lowest BCUT2D eigenvalue weighted by Crippen LogP contribution is -2.44. The highest BCUT2D eigenvalue weighted by atomic mass is 19.4. The average molecular weight is 851 g/mol. The molecule has 2 aliphatic rings. The number of carbonyl (C=O) groups excluding carboxylic acids is 1. The Morgan fingerprint density at radius 1 is 0.767 bits per heavy atom. The van der Waals surface area contributed by atoms with E-state index in [9.17, 15) is 45.8 Å². The summed E-state index contributed by atoms with van der Waals surface area (Å²) >= 11 is 0. The molecule has 1 amide bonds.